The molecule has 0 radical (unpaired) electrons. The Balaban J connectivity index is 2.73. The van der Waals surface area contributed by atoms with Gasteiger partial charge in [0.25, 0.3) is 0 Å². The average Bonchev–Trinajstić information content (AvgIpc) is 2.78. The second kappa shape index (κ2) is 6.73. The Morgan fingerprint density at radius 3 is 2.65 bits per heavy atom. The van der Waals surface area contributed by atoms with Crippen LogP contribution in [0.5, 0.6) is 0 Å². The fourth-order valence-electron chi connectivity index (χ4n) is 1.45. The maximum atomic E-state index is 12.1. The highest BCUT2D eigenvalue weighted by molar-refractivity contribution is 7.89. The Labute approximate surface area is 112 Å². The quantitative estimate of drug-likeness (QED) is 0.572. The highest BCUT2D eigenvalue weighted by Gasteiger charge is 2.21. The summed E-state index contributed by atoms with van der Waals surface area (Å²) in [5.41, 5.74) is 0. The maximum Gasteiger partial charge on any atom is 0.243 e. The largest absolute Gasteiger partial charge is 0.243 e. The van der Waals surface area contributed by atoms with Crippen LogP contribution in [0.2, 0.25) is 0 Å². The van der Waals surface area contributed by atoms with Gasteiger partial charge in [-0.3, -0.25) is 0 Å². The second-order valence-electron chi connectivity index (χ2n) is 3.92. The zero-order valence-electron chi connectivity index (χ0n) is 10.1. The van der Waals surface area contributed by atoms with Crippen molar-refractivity contribution in [1.82, 2.24) is 4.31 Å². The topological polar surface area (TPSA) is 37.4 Å². The third-order valence-electron chi connectivity index (χ3n) is 2.55. The minimum absolute atomic E-state index is 0.358. The van der Waals surface area contributed by atoms with E-state index in [1.165, 1.54) is 15.6 Å². The number of rotatable bonds is 7. The molecule has 0 unspecified atom stereocenters. The van der Waals surface area contributed by atoms with Crippen LogP contribution in [0.15, 0.2) is 16.3 Å². The minimum Gasteiger partial charge on any atom is -0.207 e. The van der Waals surface area contributed by atoms with E-state index >= 15 is 0 Å². The summed E-state index contributed by atoms with van der Waals surface area (Å²) in [4.78, 5) is 1.24. The van der Waals surface area contributed by atoms with Gasteiger partial charge in [-0.2, -0.15) is 0 Å². The minimum atomic E-state index is -3.32. The number of alkyl halides is 1. The molecule has 0 N–H and O–H groups in total. The molecule has 98 valence electrons. The summed E-state index contributed by atoms with van der Waals surface area (Å²) in [5, 5.41) is 1.66. The van der Waals surface area contributed by atoms with Gasteiger partial charge in [0, 0.05) is 23.8 Å². The number of halogens is 1. The molecule has 3 nitrogen and oxygen atoms in total. The van der Waals surface area contributed by atoms with Crippen molar-refractivity contribution in [3.63, 3.8) is 0 Å². The van der Waals surface area contributed by atoms with E-state index in [1.807, 2.05) is 0 Å². The third kappa shape index (κ3) is 3.95. The SMILES string of the molecule is CCCCCN(C)S(=O)(=O)c1csc(CCl)c1. The molecular weight excluding hydrogens is 278 g/mol. The molecule has 0 amide bonds. The van der Waals surface area contributed by atoms with Gasteiger partial charge in [0.05, 0.1) is 10.8 Å². The lowest BCUT2D eigenvalue weighted by atomic mass is 10.2. The summed E-state index contributed by atoms with van der Waals surface area (Å²) in [6.07, 6.45) is 3.04. The molecule has 0 aliphatic carbocycles. The Morgan fingerprint density at radius 2 is 2.12 bits per heavy atom. The molecule has 0 bridgehead atoms. The number of thiophene rings is 1. The number of sulfonamides is 1. The first-order chi connectivity index (χ1) is 8.02. The molecule has 0 aliphatic rings. The Kier molecular flexibility index (Phi) is 5.92. The molecule has 0 spiro atoms. The van der Waals surface area contributed by atoms with E-state index in [0.717, 1.165) is 24.1 Å². The summed E-state index contributed by atoms with van der Waals surface area (Å²) < 4.78 is 25.7. The van der Waals surface area contributed by atoms with E-state index in [1.54, 1.807) is 18.5 Å². The van der Waals surface area contributed by atoms with Crippen LogP contribution in [0.3, 0.4) is 0 Å². The van der Waals surface area contributed by atoms with Crippen molar-refractivity contribution in [2.24, 2.45) is 0 Å². The molecule has 1 rings (SSSR count). The van der Waals surface area contributed by atoms with Crippen molar-refractivity contribution in [3.8, 4) is 0 Å². The third-order valence-corrected chi connectivity index (χ3v) is 5.91. The van der Waals surface area contributed by atoms with Crippen molar-refractivity contribution < 1.29 is 8.42 Å². The lowest BCUT2D eigenvalue weighted by Crippen LogP contribution is -2.27. The number of hydrogen-bond acceptors (Lipinski definition) is 3. The Morgan fingerprint density at radius 1 is 1.41 bits per heavy atom. The van der Waals surface area contributed by atoms with Crippen molar-refractivity contribution >= 4 is 33.0 Å². The molecule has 0 saturated heterocycles. The van der Waals surface area contributed by atoms with E-state index in [4.69, 9.17) is 11.6 Å². The molecule has 0 aliphatic heterocycles. The van der Waals surface area contributed by atoms with E-state index in [-0.39, 0.29) is 0 Å². The monoisotopic (exact) mass is 295 g/mol. The second-order valence-corrected chi connectivity index (χ2v) is 7.22. The van der Waals surface area contributed by atoms with Crippen LogP contribution in [0, 0.1) is 0 Å². The van der Waals surface area contributed by atoms with Crippen LogP contribution in [-0.4, -0.2) is 26.3 Å². The summed E-state index contributed by atoms with van der Waals surface area (Å²) in [6, 6.07) is 1.66. The first kappa shape index (κ1) is 15.0. The maximum absolute atomic E-state index is 12.1. The normalized spacial score (nSPS) is 12.2. The summed E-state index contributed by atoms with van der Waals surface area (Å²) >= 11 is 7.06. The molecule has 6 heteroatoms. The zero-order chi connectivity index (χ0) is 12.9. The van der Waals surface area contributed by atoms with Crippen LogP contribution >= 0.6 is 22.9 Å². The first-order valence-electron chi connectivity index (χ1n) is 5.62. The van der Waals surface area contributed by atoms with Crippen LogP contribution in [0.1, 0.15) is 31.1 Å². The van der Waals surface area contributed by atoms with Crippen LogP contribution in [0.4, 0.5) is 0 Å². The predicted octanol–water partition coefficient (Wildman–Crippen LogP) is 3.30. The predicted molar refractivity (Wildman–Crippen MR) is 73.2 cm³/mol. The fourth-order valence-corrected chi connectivity index (χ4v) is 4.04. The van der Waals surface area contributed by atoms with Crippen molar-refractivity contribution in [1.29, 1.82) is 0 Å². The Bertz CT molecular complexity index is 442. The van der Waals surface area contributed by atoms with Crippen molar-refractivity contribution in [2.75, 3.05) is 13.6 Å². The molecule has 0 fully saturated rings. The molecule has 0 atom stereocenters. The summed E-state index contributed by atoms with van der Waals surface area (Å²) in [6.45, 7) is 2.67. The highest BCUT2D eigenvalue weighted by Crippen LogP contribution is 2.23. The van der Waals surface area contributed by atoms with Crippen molar-refractivity contribution in [2.45, 2.75) is 37.0 Å². The van der Waals surface area contributed by atoms with Crippen LogP contribution < -0.4 is 0 Å². The lowest BCUT2D eigenvalue weighted by molar-refractivity contribution is 0.454. The molecule has 0 saturated carbocycles. The molecule has 1 aromatic heterocycles. The van der Waals surface area contributed by atoms with Gasteiger partial charge in [-0.1, -0.05) is 19.8 Å². The number of hydrogen-bond donors (Lipinski definition) is 0. The van der Waals surface area contributed by atoms with Gasteiger partial charge in [0.15, 0.2) is 0 Å². The standard InChI is InChI=1S/C11H18ClNO2S2/c1-3-4-5-6-13(2)17(14,15)11-7-10(8-12)16-9-11/h7,9H,3-6,8H2,1-2H3. The van der Waals surface area contributed by atoms with E-state index < -0.39 is 10.0 Å². The Hall–Kier alpha value is -0.100. The van der Waals surface area contributed by atoms with E-state index in [9.17, 15) is 8.42 Å². The smallest absolute Gasteiger partial charge is 0.207 e. The molecular formula is C11H18ClNO2S2. The van der Waals surface area contributed by atoms with Gasteiger partial charge < -0.3 is 0 Å². The lowest BCUT2D eigenvalue weighted by Gasteiger charge is -2.15. The van der Waals surface area contributed by atoms with Crippen LogP contribution in [0.25, 0.3) is 0 Å². The summed E-state index contributed by atoms with van der Waals surface area (Å²) in [5.74, 6) is 0.361. The zero-order valence-corrected chi connectivity index (χ0v) is 12.5. The van der Waals surface area contributed by atoms with Gasteiger partial charge in [-0.15, -0.1) is 22.9 Å². The molecule has 0 aromatic carbocycles. The van der Waals surface area contributed by atoms with Crippen LogP contribution in [-0.2, 0) is 15.9 Å². The summed E-state index contributed by atoms with van der Waals surface area (Å²) in [7, 11) is -1.70. The van der Waals surface area contributed by atoms with Gasteiger partial charge in [-0.25, -0.2) is 12.7 Å². The van der Waals surface area contributed by atoms with Gasteiger partial charge >= 0.3 is 0 Å². The van der Waals surface area contributed by atoms with Gasteiger partial charge in [0.2, 0.25) is 10.0 Å². The number of unbranched alkanes of at least 4 members (excludes halogenated alkanes) is 2. The number of nitrogens with zero attached hydrogens (tertiary/aromatic N) is 1. The van der Waals surface area contributed by atoms with Gasteiger partial charge in [-0.05, 0) is 12.5 Å². The highest BCUT2D eigenvalue weighted by atomic mass is 35.5. The fraction of sp³-hybridized carbons (Fsp3) is 0.636. The first-order valence-corrected chi connectivity index (χ1v) is 8.47. The van der Waals surface area contributed by atoms with E-state index in [2.05, 4.69) is 6.92 Å². The molecule has 17 heavy (non-hydrogen) atoms. The average molecular weight is 296 g/mol. The molecule has 1 aromatic rings. The molecule has 1 heterocycles. The van der Waals surface area contributed by atoms with Crippen molar-refractivity contribution in [3.05, 3.63) is 16.3 Å². The van der Waals surface area contributed by atoms with Gasteiger partial charge in [0.1, 0.15) is 0 Å². The van der Waals surface area contributed by atoms with E-state index in [0.29, 0.717) is 17.3 Å².